The number of carbonyl (C=O) groups excluding carboxylic acids is 2. The van der Waals surface area contributed by atoms with Gasteiger partial charge in [0.1, 0.15) is 12.4 Å². The maximum absolute atomic E-state index is 13.1. The molecule has 1 aliphatic heterocycles. The fourth-order valence-corrected chi connectivity index (χ4v) is 5.80. The van der Waals surface area contributed by atoms with Crippen molar-refractivity contribution in [1.82, 2.24) is 0 Å². The number of methoxy groups -OCH3 is 1. The Hall–Kier alpha value is -2.24. The molecule has 6 nitrogen and oxygen atoms in total. The fraction of sp³-hybridized carbons (Fsp3) is 0.619. The minimum absolute atomic E-state index is 0.103. The summed E-state index contributed by atoms with van der Waals surface area (Å²) in [5.74, 6) is -0.904. The number of Topliss-reactive ketones (excluding diaryl/α,β-unsaturated/α-hetero) is 1. The third kappa shape index (κ3) is 2.07. The summed E-state index contributed by atoms with van der Waals surface area (Å²) in [5, 5.41) is 22.2. The van der Waals surface area contributed by atoms with Gasteiger partial charge in [-0.15, -0.1) is 0 Å². The predicted molar refractivity (Wildman–Crippen MR) is 97.4 cm³/mol. The number of ketones is 1. The lowest BCUT2D eigenvalue weighted by molar-refractivity contribution is -0.183. The molecule has 4 rings (SSSR count). The van der Waals surface area contributed by atoms with Crippen LogP contribution in [0.1, 0.15) is 73.9 Å². The molecule has 0 amide bonds. The molecule has 0 aromatic heterocycles. The number of cyclic esters (lactones) is 1. The summed E-state index contributed by atoms with van der Waals surface area (Å²) < 4.78 is 11.0. The second-order valence-electron chi connectivity index (χ2n) is 8.73. The van der Waals surface area contributed by atoms with Crippen molar-refractivity contribution in [3.63, 3.8) is 0 Å². The molecule has 3 atom stereocenters. The molecule has 6 heteroatoms. The van der Waals surface area contributed by atoms with Gasteiger partial charge < -0.3 is 19.7 Å². The van der Waals surface area contributed by atoms with Gasteiger partial charge in [0.2, 0.25) is 0 Å². The molecule has 2 N–H and O–H groups in total. The number of hydrogen-bond acceptors (Lipinski definition) is 6. The normalized spacial score (nSPS) is 32.0. The Bertz CT molecular complexity index is 857. The number of hydrogen-bond donors (Lipinski definition) is 2. The van der Waals surface area contributed by atoms with Crippen LogP contribution in [0.5, 0.6) is 17.2 Å². The average molecular weight is 374 g/mol. The quantitative estimate of drug-likeness (QED) is 0.609. The van der Waals surface area contributed by atoms with Crippen LogP contribution < -0.4 is 4.74 Å². The number of carbonyl (C=O) groups is 2. The van der Waals surface area contributed by atoms with Crippen molar-refractivity contribution in [2.24, 2.45) is 11.3 Å². The van der Waals surface area contributed by atoms with Crippen molar-refractivity contribution in [1.29, 1.82) is 0 Å². The van der Waals surface area contributed by atoms with Gasteiger partial charge >= 0.3 is 5.97 Å². The van der Waals surface area contributed by atoms with Gasteiger partial charge in [0.05, 0.1) is 18.1 Å². The van der Waals surface area contributed by atoms with Gasteiger partial charge in [-0.05, 0) is 31.6 Å². The van der Waals surface area contributed by atoms with Crippen molar-refractivity contribution in [3.05, 3.63) is 16.7 Å². The van der Waals surface area contributed by atoms with Crippen LogP contribution >= 0.6 is 0 Å². The third-order valence-corrected chi connectivity index (χ3v) is 7.07. The van der Waals surface area contributed by atoms with Crippen molar-refractivity contribution in [3.8, 4) is 17.2 Å². The Balaban J connectivity index is 2.07. The first-order valence-corrected chi connectivity index (χ1v) is 9.55. The first-order chi connectivity index (χ1) is 12.7. The highest BCUT2D eigenvalue weighted by molar-refractivity contribution is 6.04. The van der Waals surface area contributed by atoms with Crippen LogP contribution in [-0.4, -0.2) is 35.7 Å². The van der Waals surface area contributed by atoms with Crippen LogP contribution in [0.3, 0.4) is 0 Å². The summed E-state index contributed by atoms with van der Waals surface area (Å²) in [5.41, 5.74) is -0.413. The second kappa shape index (κ2) is 5.63. The van der Waals surface area contributed by atoms with Gasteiger partial charge in [-0.1, -0.05) is 20.3 Å². The Morgan fingerprint density at radius 3 is 2.52 bits per heavy atom. The maximum Gasteiger partial charge on any atom is 0.312 e. The number of phenolic OH excluding ortho intramolecular Hbond substituents is 2. The monoisotopic (exact) mass is 374 g/mol. The van der Waals surface area contributed by atoms with Gasteiger partial charge in [0.15, 0.2) is 17.3 Å². The van der Waals surface area contributed by atoms with Crippen LogP contribution in [0, 0.1) is 11.3 Å². The Morgan fingerprint density at radius 2 is 1.89 bits per heavy atom. The molecule has 1 saturated carbocycles. The fourth-order valence-electron chi connectivity index (χ4n) is 5.80. The van der Waals surface area contributed by atoms with E-state index < -0.39 is 10.8 Å². The van der Waals surface area contributed by atoms with Crippen LogP contribution in [0.2, 0.25) is 0 Å². The van der Waals surface area contributed by atoms with Crippen LogP contribution in [0.4, 0.5) is 0 Å². The lowest BCUT2D eigenvalue weighted by Gasteiger charge is -2.57. The molecule has 1 saturated heterocycles. The molecule has 3 aliphatic rings. The van der Waals surface area contributed by atoms with Crippen LogP contribution in [-0.2, 0) is 14.9 Å². The van der Waals surface area contributed by atoms with Crippen LogP contribution in [0.25, 0.3) is 0 Å². The summed E-state index contributed by atoms with van der Waals surface area (Å²) in [6.45, 7) is 5.72. The molecular weight excluding hydrogens is 348 g/mol. The van der Waals surface area contributed by atoms with E-state index in [9.17, 15) is 19.8 Å². The van der Waals surface area contributed by atoms with E-state index in [0.717, 1.165) is 6.42 Å². The number of ether oxygens (including phenoxy) is 2. The molecule has 2 bridgehead atoms. The highest BCUT2D eigenvalue weighted by Gasteiger charge is 2.64. The number of benzene rings is 1. The van der Waals surface area contributed by atoms with Gasteiger partial charge in [-0.25, -0.2) is 0 Å². The predicted octanol–water partition coefficient (Wildman–Crippen LogP) is 3.42. The van der Waals surface area contributed by atoms with Gasteiger partial charge in [0, 0.05) is 23.0 Å². The summed E-state index contributed by atoms with van der Waals surface area (Å²) >= 11 is 0. The number of phenols is 2. The summed E-state index contributed by atoms with van der Waals surface area (Å²) in [6, 6.07) is 0. The number of rotatable bonds is 2. The largest absolute Gasteiger partial charge is 0.507 e. The molecule has 1 aromatic carbocycles. The van der Waals surface area contributed by atoms with Crippen molar-refractivity contribution < 1.29 is 29.3 Å². The second-order valence-corrected chi connectivity index (χ2v) is 8.73. The molecule has 2 fully saturated rings. The van der Waals surface area contributed by atoms with Gasteiger partial charge in [-0.2, -0.15) is 0 Å². The first kappa shape index (κ1) is 18.1. The number of aromatic hydroxyl groups is 2. The molecule has 0 radical (unpaired) electrons. The zero-order valence-electron chi connectivity index (χ0n) is 16.2. The van der Waals surface area contributed by atoms with Gasteiger partial charge in [0.25, 0.3) is 0 Å². The topological polar surface area (TPSA) is 93.1 Å². The van der Waals surface area contributed by atoms with E-state index in [-0.39, 0.29) is 59.4 Å². The molecule has 1 aromatic rings. The zero-order valence-corrected chi connectivity index (χ0v) is 16.2. The minimum Gasteiger partial charge on any atom is -0.507 e. The number of fused-ring (bicyclic) bond motifs is 1. The van der Waals surface area contributed by atoms with E-state index in [0.29, 0.717) is 24.0 Å². The number of esters is 1. The van der Waals surface area contributed by atoms with Gasteiger partial charge in [-0.3, -0.25) is 9.59 Å². The summed E-state index contributed by atoms with van der Waals surface area (Å²) in [7, 11) is 1.44. The van der Waals surface area contributed by atoms with E-state index in [1.807, 2.05) is 20.8 Å². The maximum atomic E-state index is 13.1. The molecule has 146 valence electrons. The Labute approximate surface area is 158 Å². The summed E-state index contributed by atoms with van der Waals surface area (Å²) in [6.07, 6.45) is 2.33. The molecular formula is C21H26O6. The smallest absolute Gasteiger partial charge is 0.312 e. The highest BCUT2D eigenvalue weighted by Crippen LogP contribution is 2.64. The van der Waals surface area contributed by atoms with Crippen molar-refractivity contribution in [2.75, 3.05) is 13.7 Å². The lowest BCUT2D eigenvalue weighted by atomic mass is 9.47. The Morgan fingerprint density at radius 1 is 1.19 bits per heavy atom. The average Bonchev–Trinajstić information content (AvgIpc) is 2.61. The SMILES string of the molecule is COc1c(O)c2c(c(O)c1C(C)C)C(=O)C[C@@H]1[C@]23CCC[C@]1(C)C(=O)OC3. The van der Waals surface area contributed by atoms with E-state index in [1.54, 1.807) is 0 Å². The van der Waals surface area contributed by atoms with E-state index >= 15 is 0 Å². The summed E-state index contributed by atoms with van der Waals surface area (Å²) in [4.78, 5) is 25.6. The standard InChI is InChI=1S/C21H26O6/c1-10(2)13-16(23)14-11(22)8-12-20(3)6-5-7-21(12,9-27-19(20)25)15(14)17(24)18(13)26-4/h10,12,23-24H,5-9H2,1-4H3/t12-,20-,21+/m0/s1. The molecule has 27 heavy (non-hydrogen) atoms. The molecule has 2 aliphatic carbocycles. The zero-order chi connectivity index (χ0) is 19.7. The van der Waals surface area contributed by atoms with Crippen molar-refractivity contribution >= 4 is 11.8 Å². The first-order valence-electron chi connectivity index (χ1n) is 9.55. The van der Waals surface area contributed by atoms with E-state index in [4.69, 9.17) is 9.47 Å². The Kier molecular flexibility index (Phi) is 3.78. The molecule has 0 spiro atoms. The van der Waals surface area contributed by atoms with Crippen LogP contribution in [0.15, 0.2) is 0 Å². The van der Waals surface area contributed by atoms with E-state index in [2.05, 4.69) is 0 Å². The lowest BCUT2D eigenvalue weighted by Crippen LogP contribution is -2.61. The molecule has 0 unspecified atom stereocenters. The highest BCUT2D eigenvalue weighted by atomic mass is 16.5. The third-order valence-electron chi connectivity index (χ3n) is 7.07. The minimum atomic E-state index is -0.754. The van der Waals surface area contributed by atoms with E-state index in [1.165, 1.54) is 7.11 Å². The molecule has 1 heterocycles. The van der Waals surface area contributed by atoms with Crippen molar-refractivity contribution in [2.45, 2.75) is 57.8 Å².